The first-order valence-electron chi connectivity index (χ1n) is 4.67. The molecule has 2 rings (SSSR count). The fourth-order valence-corrected chi connectivity index (χ4v) is 2.24. The Hall–Kier alpha value is -0.840. The van der Waals surface area contributed by atoms with E-state index in [1.807, 2.05) is 6.07 Å². The van der Waals surface area contributed by atoms with Gasteiger partial charge in [-0.1, -0.05) is 39.1 Å². The molecule has 6 heteroatoms. The quantitative estimate of drug-likeness (QED) is 0.779. The van der Waals surface area contributed by atoms with Gasteiger partial charge in [-0.3, -0.25) is 9.48 Å². The van der Waals surface area contributed by atoms with Gasteiger partial charge in [0.25, 0.3) is 0 Å². The molecule has 1 heterocycles. The van der Waals surface area contributed by atoms with Crippen LogP contribution >= 0.6 is 39.1 Å². The third kappa shape index (κ3) is 2.25. The van der Waals surface area contributed by atoms with Gasteiger partial charge < -0.3 is 0 Å². The summed E-state index contributed by atoms with van der Waals surface area (Å²) >= 11 is 15.4. The van der Waals surface area contributed by atoms with Crippen molar-refractivity contribution in [3.8, 4) is 11.3 Å². The Balaban J connectivity index is 2.72. The first kappa shape index (κ1) is 12.6. The lowest BCUT2D eigenvalue weighted by atomic mass is 10.1. The summed E-state index contributed by atoms with van der Waals surface area (Å²) in [5, 5.41) is 5.02. The lowest BCUT2D eigenvalue weighted by Gasteiger charge is -2.02. The number of aromatic nitrogens is 2. The zero-order valence-electron chi connectivity index (χ0n) is 8.75. The monoisotopic (exact) mass is 332 g/mol. The van der Waals surface area contributed by atoms with Crippen molar-refractivity contribution in [3.05, 3.63) is 38.4 Å². The predicted octanol–water partition coefficient (Wildman–Crippen LogP) is 3.97. The highest BCUT2D eigenvalue weighted by Gasteiger charge is 2.17. The SMILES string of the molecule is Cn1nc(-c2cc(Br)ccc2Cl)c(C=O)c1Cl. The molecule has 1 aromatic heterocycles. The molecule has 88 valence electrons. The maximum Gasteiger partial charge on any atom is 0.155 e. The number of aldehydes is 1. The number of carbonyl (C=O) groups is 1. The number of carbonyl (C=O) groups excluding carboxylic acids is 1. The van der Waals surface area contributed by atoms with Crippen LogP contribution < -0.4 is 0 Å². The van der Waals surface area contributed by atoms with Gasteiger partial charge in [0.1, 0.15) is 10.8 Å². The highest BCUT2D eigenvalue weighted by Crippen LogP contribution is 2.33. The molecule has 0 amide bonds. The molecule has 0 spiro atoms. The van der Waals surface area contributed by atoms with E-state index in [2.05, 4.69) is 21.0 Å². The van der Waals surface area contributed by atoms with Gasteiger partial charge in [-0.05, 0) is 18.2 Å². The molecule has 0 bridgehead atoms. The first-order valence-corrected chi connectivity index (χ1v) is 6.22. The van der Waals surface area contributed by atoms with Crippen LogP contribution in [0.25, 0.3) is 11.3 Å². The number of benzene rings is 1. The van der Waals surface area contributed by atoms with E-state index in [9.17, 15) is 4.79 Å². The maximum absolute atomic E-state index is 11.0. The number of hydrogen-bond donors (Lipinski definition) is 0. The molecule has 0 aliphatic carbocycles. The summed E-state index contributed by atoms with van der Waals surface area (Å²) in [4.78, 5) is 11.0. The average Bonchev–Trinajstić information content (AvgIpc) is 2.58. The number of rotatable bonds is 2. The van der Waals surface area contributed by atoms with Crippen molar-refractivity contribution in [2.24, 2.45) is 7.05 Å². The smallest absolute Gasteiger partial charge is 0.155 e. The number of aryl methyl sites for hydroxylation is 1. The van der Waals surface area contributed by atoms with Gasteiger partial charge in [0.15, 0.2) is 6.29 Å². The summed E-state index contributed by atoms with van der Waals surface area (Å²) in [5.41, 5.74) is 1.50. The normalized spacial score (nSPS) is 10.6. The molecule has 0 unspecified atom stereocenters. The minimum absolute atomic E-state index is 0.297. The van der Waals surface area contributed by atoms with Crippen LogP contribution in [0.2, 0.25) is 10.2 Å². The van der Waals surface area contributed by atoms with Gasteiger partial charge >= 0.3 is 0 Å². The first-order chi connectivity index (χ1) is 8.04. The molecule has 0 aliphatic heterocycles. The Kier molecular flexibility index (Phi) is 3.56. The van der Waals surface area contributed by atoms with Crippen LogP contribution in [-0.2, 0) is 7.05 Å². The Morgan fingerprint density at radius 1 is 1.41 bits per heavy atom. The standard InChI is InChI=1S/C11H7BrCl2N2O/c1-16-11(14)8(5-17)10(15-16)7-4-6(12)2-3-9(7)13/h2-5H,1H3. The largest absolute Gasteiger partial charge is 0.298 e. The third-order valence-electron chi connectivity index (χ3n) is 2.31. The van der Waals surface area contributed by atoms with Crippen molar-refractivity contribution in [1.82, 2.24) is 9.78 Å². The van der Waals surface area contributed by atoms with Crippen LogP contribution in [0, 0.1) is 0 Å². The van der Waals surface area contributed by atoms with Crippen LogP contribution in [0.5, 0.6) is 0 Å². The van der Waals surface area contributed by atoms with Crippen molar-refractivity contribution in [1.29, 1.82) is 0 Å². The van der Waals surface area contributed by atoms with Crippen LogP contribution in [0.3, 0.4) is 0 Å². The summed E-state index contributed by atoms with van der Waals surface area (Å²) in [6, 6.07) is 5.35. The zero-order valence-corrected chi connectivity index (χ0v) is 11.8. The lowest BCUT2D eigenvalue weighted by molar-refractivity contribution is 0.112. The van der Waals surface area contributed by atoms with Crippen LogP contribution in [0.1, 0.15) is 10.4 Å². The average molecular weight is 334 g/mol. The molecular formula is C11H7BrCl2N2O. The van der Waals surface area contributed by atoms with Crippen molar-refractivity contribution in [2.45, 2.75) is 0 Å². The predicted molar refractivity (Wildman–Crippen MR) is 71.8 cm³/mol. The van der Waals surface area contributed by atoms with E-state index in [1.54, 1.807) is 19.2 Å². The van der Waals surface area contributed by atoms with E-state index in [1.165, 1.54) is 4.68 Å². The van der Waals surface area contributed by atoms with Crippen molar-refractivity contribution >= 4 is 45.4 Å². The molecule has 0 atom stereocenters. The van der Waals surface area contributed by atoms with E-state index in [-0.39, 0.29) is 0 Å². The van der Waals surface area contributed by atoms with Gasteiger partial charge in [-0.2, -0.15) is 5.10 Å². The van der Waals surface area contributed by atoms with E-state index in [0.29, 0.717) is 33.3 Å². The van der Waals surface area contributed by atoms with E-state index in [4.69, 9.17) is 23.2 Å². The molecule has 17 heavy (non-hydrogen) atoms. The van der Waals surface area contributed by atoms with Crippen LogP contribution in [0.15, 0.2) is 22.7 Å². The van der Waals surface area contributed by atoms with Gasteiger partial charge in [-0.15, -0.1) is 0 Å². The summed E-state index contributed by atoms with van der Waals surface area (Å²) < 4.78 is 2.30. The van der Waals surface area contributed by atoms with Crippen LogP contribution in [-0.4, -0.2) is 16.1 Å². The van der Waals surface area contributed by atoms with Gasteiger partial charge in [0.2, 0.25) is 0 Å². The Morgan fingerprint density at radius 2 is 2.12 bits per heavy atom. The Bertz CT molecular complexity index is 595. The molecule has 0 saturated carbocycles. The summed E-state index contributed by atoms with van der Waals surface area (Å²) in [7, 11) is 1.67. The molecule has 0 N–H and O–H groups in total. The molecule has 0 saturated heterocycles. The maximum atomic E-state index is 11.0. The van der Waals surface area contributed by atoms with Crippen molar-refractivity contribution < 1.29 is 4.79 Å². The number of nitrogens with zero attached hydrogens (tertiary/aromatic N) is 2. The second kappa shape index (κ2) is 4.80. The molecule has 0 aliphatic rings. The molecular weight excluding hydrogens is 327 g/mol. The fraction of sp³-hybridized carbons (Fsp3) is 0.0909. The van der Waals surface area contributed by atoms with E-state index in [0.717, 1.165) is 4.47 Å². The van der Waals surface area contributed by atoms with Crippen molar-refractivity contribution in [3.63, 3.8) is 0 Å². The van der Waals surface area contributed by atoms with E-state index < -0.39 is 0 Å². The van der Waals surface area contributed by atoms with E-state index >= 15 is 0 Å². The molecule has 3 nitrogen and oxygen atoms in total. The van der Waals surface area contributed by atoms with Gasteiger partial charge in [0.05, 0.1) is 10.6 Å². The van der Waals surface area contributed by atoms with Gasteiger partial charge in [-0.25, -0.2) is 0 Å². The lowest BCUT2D eigenvalue weighted by Crippen LogP contribution is -1.90. The minimum atomic E-state index is 0.297. The fourth-order valence-electron chi connectivity index (χ4n) is 1.50. The molecule has 1 aromatic carbocycles. The minimum Gasteiger partial charge on any atom is -0.298 e. The highest BCUT2D eigenvalue weighted by molar-refractivity contribution is 9.10. The Labute approximate surface area is 116 Å². The summed E-state index contributed by atoms with van der Waals surface area (Å²) in [6.07, 6.45) is 0.682. The Morgan fingerprint density at radius 3 is 2.76 bits per heavy atom. The molecule has 0 radical (unpaired) electrons. The van der Waals surface area contributed by atoms with Crippen molar-refractivity contribution in [2.75, 3.05) is 0 Å². The highest BCUT2D eigenvalue weighted by atomic mass is 79.9. The zero-order chi connectivity index (χ0) is 12.6. The topological polar surface area (TPSA) is 34.9 Å². The summed E-state index contributed by atoms with van der Waals surface area (Å²) in [5.74, 6) is 0. The second-order valence-electron chi connectivity index (χ2n) is 3.42. The third-order valence-corrected chi connectivity index (χ3v) is 3.58. The van der Waals surface area contributed by atoms with Gasteiger partial charge in [0, 0.05) is 17.1 Å². The number of halogens is 3. The second-order valence-corrected chi connectivity index (χ2v) is 5.10. The van der Waals surface area contributed by atoms with Crippen LogP contribution in [0.4, 0.5) is 0 Å². The number of hydrogen-bond acceptors (Lipinski definition) is 2. The summed E-state index contributed by atoms with van der Waals surface area (Å²) in [6.45, 7) is 0. The molecule has 0 fully saturated rings. The molecule has 2 aromatic rings.